The van der Waals surface area contributed by atoms with Crippen LogP contribution >= 0.6 is 11.6 Å². The molecule has 4 N–H and O–H groups in total. The van der Waals surface area contributed by atoms with Gasteiger partial charge in [-0.05, 0) is 55.3 Å². The number of imidazole rings is 1. The molecule has 0 spiro atoms. The third-order valence-electron chi connectivity index (χ3n) is 7.39. The molecule has 2 aromatic heterocycles. The maximum atomic E-state index is 13.0. The van der Waals surface area contributed by atoms with Gasteiger partial charge in [-0.2, -0.15) is 0 Å². The van der Waals surface area contributed by atoms with Gasteiger partial charge in [-0.25, -0.2) is 4.98 Å². The monoisotopic (exact) mass is 550 g/mol. The molecule has 0 saturated carbocycles. The Morgan fingerprint density at radius 1 is 1.26 bits per heavy atom. The van der Waals surface area contributed by atoms with E-state index in [4.69, 9.17) is 21.3 Å². The van der Waals surface area contributed by atoms with Crippen molar-refractivity contribution in [2.75, 3.05) is 56.7 Å². The van der Waals surface area contributed by atoms with E-state index in [-0.39, 0.29) is 12.1 Å². The number of aromatic nitrogens is 3. The van der Waals surface area contributed by atoms with Crippen LogP contribution in [-0.4, -0.2) is 77.4 Å². The Kier molecular flexibility index (Phi) is 8.23. The van der Waals surface area contributed by atoms with Crippen molar-refractivity contribution in [3.8, 4) is 11.4 Å². The molecule has 9 nitrogen and oxygen atoms in total. The van der Waals surface area contributed by atoms with Crippen LogP contribution in [0, 0.1) is 6.92 Å². The highest BCUT2D eigenvalue weighted by Crippen LogP contribution is 2.30. The van der Waals surface area contributed by atoms with Crippen LogP contribution in [0.5, 0.6) is 0 Å². The summed E-state index contributed by atoms with van der Waals surface area (Å²) < 4.78 is 5.26. The van der Waals surface area contributed by atoms with Gasteiger partial charge in [0, 0.05) is 62.8 Å². The van der Waals surface area contributed by atoms with Crippen molar-refractivity contribution in [1.29, 1.82) is 0 Å². The molecule has 0 amide bonds. The molecule has 3 heterocycles. The highest BCUT2D eigenvalue weighted by molar-refractivity contribution is 6.30. The summed E-state index contributed by atoms with van der Waals surface area (Å²) in [6.45, 7) is 9.01. The van der Waals surface area contributed by atoms with Gasteiger partial charge >= 0.3 is 0 Å². The van der Waals surface area contributed by atoms with Crippen LogP contribution in [-0.2, 0) is 4.74 Å². The number of nitrogens with one attached hydrogen (secondary N) is 3. The number of pyridine rings is 1. The topological polar surface area (TPSA) is 110 Å². The second-order valence-electron chi connectivity index (χ2n) is 10.1. The zero-order valence-electron chi connectivity index (χ0n) is 22.5. The lowest BCUT2D eigenvalue weighted by Gasteiger charge is -2.41. The molecule has 0 bridgehead atoms. The minimum Gasteiger partial charge on any atom is -0.387 e. The number of aromatic amines is 2. The zero-order chi connectivity index (χ0) is 27.5. The van der Waals surface area contributed by atoms with Crippen molar-refractivity contribution < 1.29 is 9.84 Å². The van der Waals surface area contributed by atoms with E-state index >= 15 is 0 Å². The lowest BCUT2D eigenvalue weighted by atomic mass is 10.1. The van der Waals surface area contributed by atoms with Gasteiger partial charge in [0.05, 0.1) is 29.4 Å². The maximum Gasteiger partial charge on any atom is 0.261 e. The molecule has 2 aromatic carbocycles. The van der Waals surface area contributed by atoms with Crippen molar-refractivity contribution >= 4 is 34.0 Å². The Hall–Kier alpha value is -3.37. The molecule has 0 radical (unpaired) electrons. The van der Waals surface area contributed by atoms with Gasteiger partial charge in [0.2, 0.25) is 0 Å². The van der Waals surface area contributed by atoms with Gasteiger partial charge in [0.1, 0.15) is 11.4 Å². The molecule has 10 heteroatoms. The smallest absolute Gasteiger partial charge is 0.261 e. The van der Waals surface area contributed by atoms with Crippen LogP contribution in [0.15, 0.2) is 53.5 Å². The first-order valence-electron chi connectivity index (χ1n) is 13.2. The Balaban J connectivity index is 1.39. The first kappa shape index (κ1) is 27.2. The van der Waals surface area contributed by atoms with Crippen molar-refractivity contribution in [2.24, 2.45) is 0 Å². The molecule has 1 fully saturated rings. The molecular weight excluding hydrogens is 516 g/mol. The lowest BCUT2D eigenvalue weighted by molar-refractivity contribution is 0.117. The van der Waals surface area contributed by atoms with Gasteiger partial charge in [-0.1, -0.05) is 23.7 Å². The van der Waals surface area contributed by atoms with Crippen LogP contribution in [0.1, 0.15) is 24.2 Å². The van der Waals surface area contributed by atoms with Gasteiger partial charge in [0.15, 0.2) is 0 Å². The first-order chi connectivity index (χ1) is 18.8. The largest absolute Gasteiger partial charge is 0.387 e. The van der Waals surface area contributed by atoms with E-state index in [1.54, 1.807) is 37.6 Å². The lowest BCUT2D eigenvalue weighted by Crippen LogP contribution is -2.52. The fourth-order valence-electron chi connectivity index (χ4n) is 5.24. The normalized spacial score (nSPS) is 17.1. The van der Waals surface area contributed by atoms with Crippen LogP contribution in [0.4, 0.5) is 11.4 Å². The summed E-state index contributed by atoms with van der Waals surface area (Å²) in [4.78, 5) is 28.8. The fraction of sp³-hybridized carbons (Fsp3) is 0.379. The molecule has 206 valence electrons. The summed E-state index contributed by atoms with van der Waals surface area (Å²) in [5.41, 5.74) is 5.29. The van der Waals surface area contributed by atoms with Crippen molar-refractivity contribution in [2.45, 2.75) is 26.0 Å². The predicted octanol–water partition coefficient (Wildman–Crippen LogP) is 4.18. The number of aryl methyl sites for hydroxylation is 1. The maximum absolute atomic E-state index is 13.0. The number of H-pyrrole nitrogens is 2. The number of ether oxygens (including phenoxy) is 1. The number of aliphatic hydroxyl groups is 1. The molecule has 1 saturated heterocycles. The van der Waals surface area contributed by atoms with Crippen LogP contribution in [0.25, 0.3) is 22.4 Å². The fourth-order valence-corrected chi connectivity index (χ4v) is 5.44. The minimum absolute atomic E-state index is 0.203. The summed E-state index contributed by atoms with van der Waals surface area (Å²) in [5.74, 6) is 0.476. The van der Waals surface area contributed by atoms with E-state index in [1.165, 1.54) is 0 Å². The van der Waals surface area contributed by atoms with E-state index in [0.29, 0.717) is 33.7 Å². The number of hydrogen-bond donors (Lipinski definition) is 4. The SMILES string of the molecule is COCCN1CCN(c2cc(C)c3nc(-c4c(NCC(O)c5cccc(Cl)c5)cc[nH]c4=O)[nH]c3c2)CC1C. The van der Waals surface area contributed by atoms with E-state index in [9.17, 15) is 9.90 Å². The Labute approximate surface area is 232 Å². The number of nitrogens with zero attached hydrogens (tertiary/aromatic N) is 3. The number of piperazine rings is 1. The minimum atomic E-state index is -0.798. The van der Waals surface area contributed by atoms with E-state index in [1.807, 2.05) is 13.0 Å². The number of anilines is 2. The average molecular weight is 551 g/mol. The van der Waals surface area contributed by atoms with E-state index in [0.717, 1.165) is 55.1 Å². The van der Waals surface area contributed by atoms with Crippen molar-refractivity contribution in [3.63, 3.8) is 0 Å². The Morgan fingerprint density at radius 2 is 2.10 bits per heavy atom. The van der Waals surface area contributed by atoms with Gasteiger partial charge in [0.25, 0.3) is 5.56 Å². The first-order valence-corrected chi connectivity index (χ1v) is 13.6. The number of fused-ring (bicyclic) bond motifs is 1. The van der Waals surface area contributed by atoms with Crippen LogP contribution in [0.2, 0.25) is 5.02 Å². The zero-order valence-corrected chi connectivity index (χ0v) is 23.3. The van der Waals surface area contributed by atoms with Gasteiger partial charge in [-0.3, -0.25) is 9.69 Å². The number of halogens is 1. The van der Waals surface area contributed by atoms with Gasteiger partial charge in [-0.15, -0.1) is 0 Å². The number of benzene rings is 2. The number of hydrogen-bond acceptors (Lipinski definition) is 7. The molecule has 39 heavy (non-hydrogen) atoms. The third kappa shape index (κ3) is 5.96. The summed E-state index contributed by atoms with van der Waals surface area (Å²) >= 11 is 6.08. The molecule has 1 aliphatic rings. The molecular formula is C29H35ClN6O3. The average Bonchev–Trinajstić information content (AvgIpc) is 3.35. The predicted molar refractivity (Wildman–Crippen MR) is 157 cm³/mol. The standard InChI is InChI=1S/C29H35ClN6O3/c1-18-13-22(36-10-9-35(11-12-39-3)19(2)17-36)15-24-27(18)34-28(33-24)26-23(7-8-31-29(26)38)32-16-25(37)20-5-4-6-21(30)14-20/h4-8,13-15,19,25,37H,9-12,16-17H2,1-3H3,(H,33,34)(H2,31,32,38). The Bertz CT molecular complexity index is 1500. The Morgan fingerprint density at radius 3 is 2.87 bits per heavy atom. The van der Waals surface area contributed by atoms with Crippen molar-refractivity contribution in [1.82, 2.24) is 19.9 Å². The van der Waals surface area contributed by atoms with Crippen LogP contribution in [0.3, 0.4) is 0 Å². The van der Waals surface area contributed by atoms with E-state index in [2.05, 4.69) is 44.1 Å². The summed E-state index contributed by atoms with van der Waals surface area (Å²) in [5, 5.41) is 14.5. The number of methoxy groups -OCH3 is 1. The molecule has 5 rings (SSSR count). The van der Waals surface area contributed by atoms with Crippen LogP contribution < -0.4 is 15.8 Å². The second kappa shape index (κ2) is 11.8. The molecule has 0 aliphatic carbocycles. The summed E-state index contributed by atoms with van der Waals surface area (Å²) in [6.07, 6.45) is 0.785. The second-order valence-corrected chi connectivity index (χ2v) is 10.6. The van der Waals surface area contributed by atoms with Crippen molar-refractivity contribution in [3.05, 3.63) is 75.2 Å². The quantitative estimate of drug-likeness (QED) is 0.247. The highest BCUT2D eigenvalue weighted by atomic mass is 35.5. The number of rotatable bonds is 9. The molecule has 2 atom stereocenters. The van der Waals surface area contributed by atoms with Gasteiger partial charge < -0.3 is 30.0 Å². The molecule has 2 unspecified atom stereocenters. The third-order valence-corrected chi connectivity index (χ3v) is 7.63. The summed E-state index contributed by atoms with van der Waals surface area (Å²) in [7, 11) is 1.74. The summed E-state index contributed by atoms with van der Waals surface area (Å²) in [6, 6.07) is 13.6. The molecule has 1 aliphatic heterocycles. The van der Waals surface area contributed by atoms with E-state index < -0.39 is 6.10 Å². The molecule has 4 aromatic rings. The highest BCUT2D eigenvalue weighted by Gasteiger charge is 2.24. The number of aliphatic hydroxyl groups excluding tert-OH is 1.